The van der Waals surface area contributed by atoms with Gasteiger partial charge in [0.25, 0.3) is 0 Å². The van der Waals surface area contributed by atoms with Crippen LogP contribution < -0.4 is 5.32 Å². The topological polar surface area (TPSA) is 32.3 Å². The van der Waals surface area contributed by atoms with Crippen LogP contribution in [0.4, 0.5) is 0 Å². The van der Waals surface area contributed by atoms with Crippen LogP contribution in [0.5, 0.6) is 0 Å². The lowest BCUT2D eigenvalue weighted by molar-refractivity contribution is -0.142. The molecular weight excluding hydrogens is 234 g/mol. The lowest BCUT2D eigenvalue weighted by Crippen LogP contribution is -2.64. The summed E-state index contributed by atoms with van der Waals surface area (Å²) in [6.45, 7) is 0.941. The molecule has 0 unspecified atom stereocenters. The summed E-state index contributed by atoms with van der Waals surface area (Å²) in [5, 5.41) is 14.5. The zero-order valence-electron chi connectivity index (χ0n) is 11.4. The fraction of sp³-hybridized carbons (Fsp3) is 0.647. The van der Waals surface area contributed by atoms with Gasteiger partial charge in [-0.05, 0) is 55.9 Å². The van der Waals surface area contributed by atoms with Gasteiger partial charge in [-0.25, -0.2) is 0 Å². The van der Waals surface area contributed by atoms with Crippen LogP contribution in [0.2, 0.25) is 0 Å². The normalized spacial score (nSPS) is 43.6. The van der Waals surface area contributed by atoms with Crippen molar-refractivity contribution in [1.82, 2.24) is 5.32 Å². The van der Waals surface area contributed by atoms with Crippen molar-refractivity contribution >= 4 is 0 Å². The largest absolute Gasteiger partial charge is 0.390 e. The lowest BCUT2D eigenvalue weighted by atomic mass is 9.51. The average molecular weight is 257 g/mol. The summed E-state index contributed by atoms with van der Waals surface area (Å²) < 4.78 is 0. The van der Waals surface area contributed by atoms with Crippen LogP contribution in [0.3, 0.4) is 0 Å². The predicted molar refractivity (Wildman–Crippen MR) is 75.6 cm³/mol. The van der Waals surface area contributed by atoms with Crippen LogP contribution in [0.25, 0.3) is 0 Å². The Kier molecular flexibility index (Phi) is 2.55. The van der Waals surface area contributed by atoms with E-state index in [-0.39, 0.29) is 11.1 Å². The molecule has 2 nitrogen and oxygen atoms in total. The maximum absolute atomic E-state index is 10.7. The Morgan fingerprint density at radius 2 is 1.74 bits per heavy atom. The maximum Gasteiger partial charge on any atom is 0.0670 e. The Morgan fingerprint density at radius 1 is 1.05 bits per heavy atom. The second kappa shape index (κ2) is 4.07. The summed E-state index contributed by atoms with van der Waals surface area (Å²) >= 11 is 0. The van der Waals surface area contributed by atoms with Gasteiger partial charge >= 0.3 is 0 Å². The molecule has 4 bridgehead atoms. The molecule has 4 aliphatic rings. The monoisotopic (exact) mass is 257 g/mol. The van der Waals surface area contributed by atoms with Gasteiger partial charge in [0.1, 0.15) is 0 Å². The van der Waals surface area contributed by atoms with Crippen LogP contribution in [0, 0.1) is 11.8 Å². The van der Waals surface area contributed by atoms with E-state index in [0.29, 0.717) is 0 Å². The minimum atomic E-state index is -0.353. The number of hydrogen-bond donors (Lipinski definition) is 2. The third kappa shape index (κ3) is 2.11. The SMILES string of the molecule is OC12C[C@@H]3C[C@@H](C1)CC(NCc1ccccc1)(C3)C2. The zero-order chi connectivity index (χ0) is 12.9. The molecule has 5 rings (SSSR count). The highest BCUT2D eigenvalue weighted by Crippen LogP contribution is 2.57. The van der Waals surface area contributed by atoms with Crippen LogP contribution in [-0.4, -0.2) is 16.2 Å². The van der Waals surface area contributed by atoms with E-state index in [1.807, 2.05) is 0 Å². The first-order valence-corrected chi connectivity index (χ1v) is 7.66. The molecule has 0 radical (unpaired) electrons. The number of hydrogen-bond acceptors (Lipinski definition) is 2. The smallest absolute Gasteiger partial charge is 0.0670 e. The Hall–Kier alpha value is -0.860. The minimum Gasteiger partial charge on any atom is -0.390 e. The lowest BCUT2D eigenvalue weighted by Gasteiger charge is -2.60. The van der Waals surface area contributed by atoms with Crippen molar-refractivity contribution in [3.63, 3.8) is 0 Å². The molecule has 2 heteroatoms. The quantitative estimate of drug-likeness (QED) is 0.872. The first kappa shape index (κ1) is 11.9. The van der Waals surface area contributed by atoms with Gasteiger partial charge in [-0.15, -0.1) is 0 Å². The Balaban J connectivity index is 1.51. The summed E-state index contributed by atoms with van der Waals surface area (Å²) in [6.07, 6.45) is 6.99. The number of aliphatic hydroxyl groups is 1. The Morgan fingerprint density at radius 3 is 2.37 bits per heavy atom. The van der Waals surface area contributed by atoms with Gasteiger partial charge in [-0.1, -0.05) is 30.3 Å². The summed E-state index contributed by atoms with van der Waals surface area (Å²) in [5.41, 5.74) is 1.22. The molecule has 0 aromatic heterocycles. The average Bonchev–Trinajstić information content (AvgIpc) is 2.35. The van der Waals surface area contributed by atoms with Gasteiger partial charge in [-0.2, -0.15) is 0 Å². The summed E-state index contributed by atoms with van der Waals surface area (Å²) in [7, 11) is 0. The van der Waals surface area contributed by atoms with Crippen LogP contribution in [-0.2, 0) is 6.54 Å². The van der Waals surface area contributed by atoms with E-state index in [2.05, 4.69) is 35.6 Å². The third-order valence-corrected chi connectivity index (χ3v) is 5.54. The highest BCUT2D eigenvalue weighted by Gasteiger charge is 2.56. The van der Waals surface area contributed by atoms with Crippen molar-refractivity contribution in [2.45, 2.75) is 56.2 Å². The fourth-order valence-corrected chi connectivity index (χ4v) is 5.31. The van der Waals surface area contributed by atoms with Gasteiger partial charge in [0.05, 0.1) is 5.60 Å². The van der Waals surface area contributed by atoms with Gasteiger partial charge in [-0.3, -0.25) is 0 Å². The first-order chi connectivity index (χ1) is 9.15. The van der Waals surface area contributed by atoms with Crippen LogP contribution in [0.15, 0.2) is 30.3 Å². The number of benzene rings is 1. The molecule has 2 atom stereocenters. The van der Waals surface area contributed by atoms with Gasteiger partial charge < -0.3 is 10.4 Å². The van der Waals surface area contributed by atoms with Gasteiger partial charge in [0.2, 0.25) is 0 Å². The second-order valence-electron chi connectivity index (χ2n) is 7.30. The fourth-order valence-electron chi connectivity index (χ4n) is 5.31. The maximum atomic E-state index is 10.7. The molecule has 0 amide bonds. The third-order valence-electron chi connectivity index (χ3n) is 5.54. The molecule has 0 heterocycles. The molecule has 4 saturated carbocycles. The van der Waals surface area contributed by atoms with E-state index < -0.39 is 0 Å². The molecule has 0 spiro atoms. The van der Waals surface area contributed by atoms with Gasteiger partial charge in [0.15, 0.2) is 0 Å². The molecule has 0 aliphatic heterocycles. The standard InChI is InChI=1S/C17H23NO/c19-17-9-14-6-15(10-17)8-16(7-14,12-17)18-11-13-4-2-1-3-5-13/h1-5,14-15,18-19H,6-12H2/t14-,15-,16?,17?/m1/s1. The summed E-state index contributed by atoms with van der Waals surface area (Å²) in [5.74, 6) is 1.52. The number of rotatable bonds is 3. The van der Waals surface area contributed by atoms with Crippen molar-refractivity contribution in [2.24, 2.45) is 11.8 Å². The van der Waals surface area contributed by atoms with E-state index in [9.17, 15) is 5.11 Å². The predicted octanol–water partition coefficient (Wildman–Crippen LogP) is 2.86. The molecule has 1 aromatic carbocycles. The van der Waals surface area contributed by atoms with Crippen molar-refractivity contribution in [3.05, 3.63) is 35.9 Å². The van der Waals surface area contributed by atoms with Crippen molar-refractivity contribution in [3.8, 4) is 0 Å². The molecule has 0 saturated heterocycles. The Labute approximate surface area is 115 Å². The number of nitrogens with one attached hydrogen (secondary N) is 1. The zero-order valence-corrected chi connectivity index (χ0v) is 11.4. The van der Waals surface area contributed by atoms with E-state index in [4.69, 9.17) is 0 Å². The second-order valence-corrected chi connectivity index (χ2v) is 7.30. The van der Waals surface area contributed by atoms with Crippen LogP contribution in [0.1, 0.15) is 44.1 Å². The molecule has 4 fully saturated rings. The molecule has 4 aliphatic carbocycles. The van der Waals surface area contributed by atoms with Crippen molar-refractivity contribution < 1.29 is 5.11 Å². The van der Waals surface area contributed by atoms with Crippen molar-refractivity contribution in [1.29, 1.82) is 0 Å². The molecular formula is C17H23NO. The van der Waals surface area contributed by atoms with E-state index >= 15 is 0 Å². The molecule has 2 N–H and O–H groups in total. The Bertz CT molecular complexity index is 455. The first-order valence-electron chi connectivity index (χ1n) is 7.66. The van der Waals surface area contributed by atoms with E-state index in [0.717, 1.165) is 37.6 Å². The van der Waals surface area contributed by atoms with E-state index in [1.165, 1.54) is 24.8 Å². The summed E-state index contributed by atoms with van der Waals surface area (Å²) in [4.78, 5) is 0. The molecule has 19 heavy (non-hydrogen) atoms. The highest BCUT2D eigenvalue weighted by atomic mass is 16.3. The molecule has 102 valence electrons. The summed E-state index contributed by atoms with van der Waals surface area (Å²) in [6, 6.07) is 10.6. The van der Waals surface area contributed by atoms with Crippen molar-refractivity contribution in [2.75, 3.05) is 0 Å². The van der Waals surface area contributed by atoms with E-state index in [1.54, 1.807) is 0 Å². The van der Waals surface area contributed by atoms with Gasteiger partial charge in [0, 0.05) is 12.1 Å². The highest BCUT2D eigenvalue weighted by molar-refractivity contribution is 5.17. The van der Waals surface area contributed by atoms with Crippen LogP contribution >= 0.6 is 0 Å². The molecule has 1 aromatic rings. The minimum absolute atomic E-state index is 0.217.